The van der Waals surface area contributed by atoms with E-state index in [-0.39, 0.29) is 0 Å². The second-order valence-electron chi connectivity index (χ2n) is 5.08. The summed E-state index contributed by atoms with van der Waals surface area (Å²) in [6.45, 7) is 4.29. The van der Waals surface area contributed by atoms with Gasteiger partial charge in [0.1, 0.15) is 0 Å². The molecule has 18 heavy (non-hydrogen) atoms. The van der Waals surface area contributed by atoms with Crippen LogP contribution in [0.1, 0.15) is 13.3 Å². The first-order chi connectivity index (χ1) is 8.75. The van der Waals surface area contributed by atoms with E-state index in [4.69, 9.17) is 11.6 Å². The summed E-state index contributed by atoms with van der Waals surface area (Å²) < 4.78 is 0. The summed E-state index contributed by atoms with van der Waals surface area (Å²) >= 11 is 6.30. The minimum Gasteiger partial charge on any atom is -0.371 e. The summed E-state index contributed by atoms with van der Waals surface area (Å²) in [6.07, 6.45) is 2.95. The van der Waals surface area contributed by atoms with E-state index in [0.717, 1.165) is 25.0 Å². The van der Waals surface area contributed by atoms with Crippen molar-refractivity contribution in [3.63, 3.8) is 0 Å². The van der Waals surface area contributed by atoms with Gasteiger partial charge < -0.3 is 4.90 Å². The van der Waals surface area contributed by atoms with Gasteiger partial charge in [0.15, 0.2) is 0 Å². The number of para-hydroxylation sites is 1. The molecular weight excluding hydrogens is 244 g/mol. The first-order valence-corrected chi connectivity index (χ1v) is 6.92. The molecule has 0 spiro atoms. The Kier molecular flexibility index (Phi) is 3.13. The molecule has 0 aliphatic carbocycles. The van der Waals surface area contributed by atoms with Crippen molar-refractivity contribution in [2.24, 2.45) is 5.92 Å². The number of hydrogen-bond donors (Lipinski definition) is 0. The lowest BCUT2D eigenvalue weighted by Crippen LogP contribution is -2.40. The average molecular weight is 261 g/mol. The number of hydrogen-bond acceptors (Lipinski definition) is 2. The van der Waals surface area contributed by atoms with E-state index in [0.29, 0.717) is 11.3 Å². The zero-order valence-electron chi connectivity index (χ0n) is 10.5. The van der Waals surface area contributed by atoms with Gasteiger partial charge in [-0.05, 0) is 24.5 Å². The lowest BCUT2D eigenvalue weighted by molar-refractivity contribution is 0.455. The number of piperidine rings is 1. The molecule has 2 unspecified atom stereocenters. The summed E-state index contributed by atoms with van der Waals surface area (Å²) in [5.41, 5.74) is 2.35. The molecule has 0 amide bonds. The molecule has 0 bridgehead atoms. The third-order valence-corrected chi connectivity index (χ3v) is 4.42. The van der Waals surface area contributed by atoms with Crippen molar-refractivity contribution >= 4 is 28.2 Å². The fourth-order valence-corrected chi connectivity index (χ4v) is 2.87. The lowest BCUT2D eigenvalue weighted by atomic mass is 9.98. The van der Waals surface area contributed by atoms with Gasteiger partial charge in [0, 0.05) is 35.7 Å². The number of alkyl halides is 1. The van der Waals surface area contributed by atoms with Gasteiger partial charge in [-0.15, -0.1) is 11.6 Å². The first-order valence-electron chi connectivity index (χ1n) is 6.48. The van der Waals surface area contributed by atoms with Crippen LogP contribution in [0.5, 0.6) is 0 Å². The van der Waals surface area contributed by atoms with Crippen LogP contribution in [-0.2, 0) is 0 Å². The standard InChI is InChI=1S/C15H17ClN2/c1-11-10-18(9-7-13(11)16)15-6-8-17-14-5-3-2-4-12(14)15/h2-6,8,11,13H,7,9-10H2,1H3. The zero-order chi connectivity index (χ0) is 12.5. The van der Waals surface area contributed by atoms with Crippen molar-refractivity contribution in [3.8, 4) is 0 Å². The molecule has 94 valence electrons. The van der Waals surface area contributed by atoms with E-state index in [1.165, 1.54) is 11.1 Å². The Morgan fingerprint density at radius 1 is 1.28 bits per heavy atom. The maximum atomic E-state index is 6.30. The SMILES string of the molecule is CC1CN(c2ccnc3ccccc23)CCC1Cl. The highest BCUT2D eigenvalue weighted by Gasteiger charge is 2.25. The van der Waals surface area contributed by atoms with Crippen molar-refractivity contribution < 1.29 is 0 Å². The largest absolute Gasteiger partial charge is 0.371 e. The van der Waals surface area contributed by atoms with E-state index < -0.39 is 0 Å². The molecule has 1 saturated heterocycles. The van der Waals surface area contributed by atoms with Gasteiger partial charge in [-0.3, -0.25) is 4.98 Å². The van der Waals surface area contributed by atoms with Crippen LogP contribution in [0.2, 0.25) is 0 Å². The van der Waals surface area contributed by atoms with Gasteiger partial charge in [-0.25, -0.2) is 0 Å². The third kappa shape index (κ3) is 2.05. The second-order valence-corrected chi connectivity index (χ2v) is 5.64. The van der Waals surface area contributed by atoms with Gasteiger partial charge in [0.05, 0.1) is 5.52 Å². The van der Waals surface area contributed by atoms with Crippen LogP contribution in [0, 0.1) is 5.92 Å². The Morgan fingerprint density at radius 2 is 2.11 bits per heavy atom. The van der Waals surface area contributed by atoms with Crippen LogP contribution >= 0.6 is 11.6 Å². The molecule has 1 aliphatic heterocycles. The number of pyridine rings is 1. The van der Waals surface area contributed by atoms with Crippen LogP contribution < -0.4 is 4.90 Å². The average Bonchev–Trinajstić information content (AvgIpc) is 2.41. The van der Waals surface area contributed by atoms with Crippen molar-refractivity contribution in [1.29, 1.82) is 0 Å². The highest BCUT2D eigenvalue weighted by molar-refractivity contribution is 6.20. The molecule has 2 nitrogen and oxygen atoms in total. The minimum absolute atomic E-state index is 0.314. The van der Waals surface area contributed by atoms with Gasteiger partial charge in [-0.1, -0.05) is 25.1 Å². The van der Waals surface area contributed by atoms with Crippen LogP contribution in [-0.4, -0.2) is 23.5 Å². The maximum absolute atomic E-state index is 6.30. The highest BCUT2D eigenvalue weighted by atomic mass is 35.5. The Morgan fingerprint density at radius 3 is 2.94 bits per heavy atom. The molecule has 1 aliphatic rings. The molecule has 1 aromatic carbocycles. The maximum Gasteiger partial charge on any atom is 0.0722 e. The number of halogens is 1. The Hall–Kier alpha value is -1.28. The van der Waals surface area contributed by atoms with E-state index in [9.17, 15) is 0 Å². The van der Waals surface area contributed by atoms with E-state index in [1.54, 1.807) is 0 Å². The van der Waals surface area contributed by atoms with Crippen LogP contribution in [0.25, 0.3) is 10.9 Å². The Balaban J connectivity index is 1.99. The number of anilines is 1. The normalized spacial score (nSPS) is 24.4. The highest BCUT2D eigenvalue weighted by Crippen LogP contribution is 2.30. The van der Waals surface area contributed by atoms with Crippen molar-refractivity contribution in [3.05, 3.63) is 36.5 Å². The Bertz CT molecular complexity index is 550. The predicted molar refractivity (Wildman–Crippen MR) is 77.4 cm³/mol. The predicted octanol–water partition coefficient (Wildman–Crippen LogP) is 3.69. The number of benzene rings is 1. The number of rotatable bonds is 1. The molecular formula is C15H17ClN2. The number of nitrogens with zero attached hydrogens (tertiary/aromatic N) is 2. The molecule has 1 aromatic heterocycles. The number of aromatic nitrogens is 1. The second kappa shape index (κ2) is 4.77. The minimum atomic E-state index is 0.314. The molecule has 1 fully saturated rings. The number of fused-ring (bicyclic) bond motifs is 1. The van der Waals surface area contributed by atoms with Crippen LogP contribution in [0.4, 0.5) is 5.69 Å². The van der Waals surface area contributed by atoms with Crippen molar-refractivity contribution in [2.45, 2.75) is 18.7 Å². The molecule has 0 saturated carbocycles. The lowest BCUT2D eigenvalue weighted by Gasteiger charge is -2.36. The van der Waals surface area contributed by atoms with Crippen molar-refractivity contribution in [2.75, 3.05) is 18.0 Å². The first kappa shape index (κ1) is 11.8. The fourth-order valence-electron chi connectivity index (χ4n) is 2.69. The Labute approximate surface area is 113 Å². The van der Waals surface area contributed by atoms with Gasteiger partial charge in [0.2, 0.25) is 0 Å². The summed E-state index contributed by atoms with van der Waals surface area (Å²) in [7, 11) is 0. The molecule has 3 heteroatoms. The van der Waals surface area contributed by atoms with Crippen LogP contribution in [0.3, 0.4) is 0 Å². The smallest absolute Gasteiger partial charge is 0.0722 e. The fraction of sp³-hybridized carbons (Fsp3) is 0.400. The monoisotopic (exact) mass is 260 g/mol. The summed E-state index contributed by atoms with van der Waals surface area (Å²) in [5, 5.41) is 1.55. The van der Waals surface area contributed by atoms with Gasteiger partial charge >= 0.3 is 0 Å². The van der Waals surface area contributed by atoms with Gasteiger partial charge in [-0.2, -0.15) is 0 Å². The van der Waals surface area contributed by atoms with Crippen LogP contribution in [0.15, 0.2) is 36.5 Å². The molecule has 3 rings (SSSR count). The van der Waals surface area contributed by atoms with E-state index in [1.807, 2.05) is 12.3 Å². The third-order valence-electron chi connectivity index (χ3n) is 3.77. The molecule has 0 radical (unpaired) electrons. The van der Waals surface area contributed by atoms with E-state index in [2.05, 4.69) is 41.1 Å². The zero-order valence-corrected chi connectivity index (χ0v) is 11.3. The van der Waals surface area contributed by atoms with E-state index >= 15 is 0 Å². The molecule has 0 N–H and O–H groups in total. The van der Waals surface area contributed by atoms with Gasteiger partial charge in [0.25, 0.3) is 0 Å². The molecule has 2 heterocycles. The summed E-state index contributed by atoms with van der Waals surface area (Å²) in [5.74, 6) is 0.535. The summed E-state index contributed by atoms with van der Waals surface area (Å²) in [4.78, 5) is 6.86. The molecule has 2 aromatic rings. The topological polar surface area (TPSA) is 16.1 Å². The summed E-state index contributed by atoms with van der Waals surface area (Å²) in [6, 6.07) is 10.4. The van der Waals surface area contributed by atoms with Crippen molar-refractivity contribution in [1.82, 2.24) is 4.98 Å². The quantitative estimate of drug-likeness (QED) is 0.727. The molecule has 2 atom stereocenters.